The van der Waals surface area contributed by atoms with Crippen LogP contribution in [0, 0.1) is 11.8 Å². The number of nitrogens with zero attached hydrogens (tertiary/aromatic N) is 2. The number of halogens is 2. The molecule has 2 fully saturated rings. The Bertz CT molecular complexity index is 243. The van der Waals surface area contributed by atoms with Gasteiger partial charge >= 0.3 is 0 Å². The molecule has 2 aliphatic heterocycles. The Balaban J connectivity index is 1.86. The van der Waals surface area contributed by atoms with Crippen LogP contribution < -0.4 is 0 Å². The summed E-state index contributed by atoms with van der Waals surface area (Å²) in [6.07, 6.45) is 1.55. The monoisotopic (exact) mass is 324 g/mol. The van der Waals surface area contributed by atoms with Gasteiger partial charge in [-0.2, -0.15) is 0 Å². The highest BCUT2D eigenvalue weighted by molar-refractivity contribution is 9.39. The summed E-state index contributed by atoms with van der Waals surface area (Å²) >= 11 is 6.37. The van der Waals surface area contributed by atoms with E-state index in [0.29, 0.717) is 9.45 Å². The fraction of sp³-hybridized carbons (Fsp3) is 0.889. The second kappa shape index (κ2) is 4.49. The second-order valence-corrected chi connectivity index (χ2v) is 6.68. The van der Waals surface area contributed by atoms with Gasteiger partial charge in [0.15, 0.2) is 3.53 Å². The highest BCUT2D eigenvalue weighted by atomic mass is 79.9. The third-order valence-electron chi connectivity index (χ3n) is 3.27. The molecule has 0 aliphatic carbocycles. The maximum absolute atomic E-state index is 5.41. The van der Waals surface area contributed by atoms with Gasteiger partial charge in [-0.1, -0.05) is 5.16 Å². The summed E-state index contributed by atoms with van der Waals surface area (Å²) in [6.45, 7) is 5.83. The molecule has 5 heteroatoms. The van der Waals surface area contributed by atoms with Gasteiger partial charge in [0, 0.05) is 19.0 Å². The Morgan fingerprint density at radius 3 is 2.79 bits per heavy atom. The molecule has 2 aliphatic rings. The highest BCUT2D eigenvalue weighted by Crippen LogP contribution is 2.35. The van der Waals surface area contributed by atoms with Crippen LogP contribution in [0.15, 0.2) is 5.16 Å². The Labute approximate surface area is 101 Å². The Morgan fingerprint density at radius 1 is 1.50 bits per heavy atom. The molecule has 2 rings (SSSR count). The van der Waals surface area contributed by atoms with Gasteiger partial charge < -0.3 is 9.74 Å². The van der Waals surface area contributed by atoms with Crippen LogP contribution in [0.4, 0.5) is 0 Å². The van der Waals surface area contributed by atoms with Crippen LogP contribution in [-0.4, -0.2) is 34.2 Å². The van der Waals surface area contributed by atoms with Crippen LogP contribution in [0.25, 0.3) is 0 Å². The van der Waals surface area contributed by atoms with Crippen molar-refractivity contribution in [2.45, 2.75) is 19.4 Å². The molecule has 2 heterocycles. The minimum atomic E-state index is 0.218. The van der Waals surface area contributed by atoms with Gasteiger partial charge in [-0.15, -0.1) is 0 Å². The van der Waals surface area contributed by atoms with E-state index in [-0.39, 0.29) is 6.10 Å². The van der Waals surface area contributed by atoms with Crippen LogP contribution in [0.3, 0.4) is 0 Å². The SMILES string of the molecule is CC(ON=C(Br)Br)C1CN2CCC1C2. The van der Waals surface area contributed by atoms with E-state index in [1.54, 1.807) is 0 Å². The quantitative estimate of drug-likeness (QED) is 0.588. The average Bonchev–Trinajstić information content (AvgIpc) is 2.74. The Kier molecular flexibility index (Phi) is 3.50. The number of rotatable bonds is 3. The lowest BCUT2D eigenvalue weighted by Crippen LogP contribution is -2.31. The predicted octanol–water partition coefficient (Wildman–Crippen LogP) is 2.40. The lowest BCUT2D eigenvalue weighted by molar-refractivity contribution is 0.0142. The van der Waals surface area contributed by atoms with E-state index in [4.69, 9.17) is 4.84 Å². The Morgan fingerprint density at radius 2 is 2.29 bits per heavy atom. The summed E-state index contributed by atoms with van der Waals surface area (Å²) in [5.74, 6) is 1.49. The molecule has 0 saturated carbocycles. The van der Waals surface area contributed by atoms with Crippen LogP contribution in [0.5, 0.6) is 0 Å². The fourth-order valence-corrected chi connectivity index (χ4v) is 2.73. The Hall–Kier alpha value is 0.390. The van der Waals surface area contributed by atoms with Crippen molar-refractivity contribution in [2.24, 2.45) is 17.0 Å². The van der Waals surface area contributed by atoms with Crippen LogP contribution in [-0.2, 0) is 4.84 Å². The molecule has 0 aromatic heterocycles. The number of hydrogen-bond donors (Lipinski definition) is 0. The van der Waals surface area contributed by atoms with Crippen molar-refractivity contribution in [3.8, 4) is 0 Å². The number of hydrogen-bond acceptors (Lipinski definition) is 3. The maximum atomic E-state index is 5.41. The molecule has 4 unspecified atom stereocenters. The van der Waals surface area contributed by atoms with Crippen LogP contribution >= 0.6 is 31.9 Å². The molecule has 0 N–H and O–H groups in total. The number of piperidine rings is 1. The third kappa shape index (κ3) is 2.31. The zero-order chi connectivity index (χ0) is 10.1. The first-order valence-corrected chi connectivity index (χ1v) is 6.52. The molecule has 0 aromatic rings. The predicted molar refractivity (Wildman–Crippen MR) is 63.9 cm³/mol. The van der Waals surface area contributed by atoms with Gasteiger partial charge in [0.2, 0.25) is 0 Å². The first-order valence-electron chi connectivity index (χ1n) is 4.94. The molecule has 2 saturated heterocycles. The van der Waals surface area contributed by atoms with Crippen molar-refractivity contribution in [2.75, 3.05) is 19.6 Å². The smallest absolute Gasteiger partial charge is 0.187 e. The van der Waals surface area contributed by atoms with E-state index < -0.39 is 0 Å². The number of oxime groups is 1. The molecule has 4 atom stereocenters. The van der Waals surface area contributed by atoms with Crippen molar-refractivity contribution in [1.82, 2.24) is 4.90 Å². The summed E-state index contributed by atoms with van der Waals surface area (Å²) in [4.78, 5) is 7.92. The van der Waals surface area contributed by atoms with Gasteiger partial charge in [-0.05, 0) is 57.7 Å². The molecular formula is C9H14Br2N2O. The molecule has 0 amide bonds. The lowest BCUT2D eigenvalue weighted by Gasteiger charge is -2.25. The van der Waals surface area contributed by atoms with Crippen molar-refractivity contribution in [3.63, 3.8) is 0 Å². The molecule has 0 radical (unpaired) electrons. The van der Waals surface area contributed by atoms with E-state index in [9.17, 15) is 0 Å². The molecule has 3 nitrogen and oxygen atoms in total. The van der Waals surface area contributed by atoms with Gasteiger partial charge in [0.25, 0.3) is 0 Å². The molecule has 0 aromatic carbocycles. The normalized spacial score (nSPS) is 36.9. The lowest BCUT2D eigenvalue weighted by atomic mass is 9.89. The van der Waals surface area contributed by atoms with Crippen molar-refractivity contribution in [3.05, 3.63) is 0 Å². The van der Waals surface area contributed by atoms with Crippen molar-refractivity contribution < 1.29 is 4.84 Å². The summed E-state index contributed by atoms with van der Waals surface area (Å²) in [7, 11) is 0. The van der Waals surface area contributed by atoms with Gasteiger partial charge in [-0.25, -0.2) is 0 Å². The molecule has 14 heavy (non-hydrogen) atoms. The van der Waals surface area contributed by atoms with E-state index in [1.165, 1.54) is 26.1 Å². The first-order chi connectivity index (χ1) is 6.66. The van der Waals surface area contributed by atoms with Crippen LogP contribution in [0.1, 0.15) is 13.3 Å². The maximum Gasteiger partial charge on any atom is 0.187 e. The third-order valence-corrected chi connectivity index (χ3v) is 3.56. The van der Waals surface area contributed by atoms with E-state index in [2.05, 4.69) is 48.8 Å². The molecule has 0 spiro atoms. The van der Waals surface area contributed by atoms with Gasteiger partial charge in [0.1, 0.15) is 6.10 Å². The highest BCUT2D eigenvalue weighted by Gasteiger charge is 2.41. The summed E-state index contributed by atoms with van der Waals surface area (Å²) < 4.78 is 0.625. The van der Waals surface area contributed by atoms with E-state index in [1.807, 2.05) is 0 Å². The largest absolute Gasteiger partial charge is 0.391 e. The van der Waals surface area contributed by atoms with Gasteiger partial charge in [0.05, 0.1) is 0 Å². The molecule has 80 valence electrons. The second-order valence-electron chi connectivity index (χ2n) is 4.11. The average molecular weight is 326 g/mol. The van der Waals surface area contributed by atoms with Crippen molar-refractivity contribution in [1.29, 1.82) is 0 Å². The minimum absolute atomic E-state index is 0.218. The first kappa shape index (κ1) is 10.9. The topological polar surface area (TPSA) is 24.8 Å². The summed E-state index contributed by atoms with van der Waals surface area (Å²) in [5, 5.41) is 3.88. The molecule has 2 bridgehead atoms. The minimum Gasteiger partial charge on any atom is -0.391 e. The molecular weight excluding hydrogens is 312 g/mol. The standard InChI is InChI=1S/C9H14Br2N2O/c1-6(14-12-9(10)11)8-5-13-3-2-7(8)4-13/h6-8H,2-5H2,1H3. The van der Waals surface area contributed by atoms with E-state index >= 15 is 0 Å². The fourth-order valence-electron chi connectivity index (χ4n) is 2.56. The van der Waals surface area contributed by atoms with Crippen molar-refractivity contribution >= 4 is 35.4 Å². The zero-order valence-electron chi connectivity index (χ0n) is 8.12. The number of fused-ring (bicyclic) bond motifs is 2. The zero-order valence-corrected chi connectivity index (χ0v) is 11.3. The summed E-state index contributed by atoms with van der Waals surface area (Å²) in [6, 6.07) is 0. The van der Waals surface area contributed by atoms with E-state index in [0.717, 1.165) is 5.92 Å². The van der Waals surface area contributed by atoms with Gasteiger partial charge in [-0.3, -0.25) is 0 Å². The summed E-state index contributed by atoms with van der Waals surface area (Å²) in [5.41, 5.74) is 0. The van der Waals surface area contributed by atoms with Crippen LogP contribution in [0.2, 0.25) is 0 Å².